The van der Waals surface area contributed by atoms with E-state index in [1.807, 2.05) is 0 Å². The van der Waals surface area contributed by atoms with E-state index in [9.17, 15) is 8.42 Å². The minimum Gasteiger partial charge on any atom is -0.333 e. The number of rotatable bonds is 3. The molecular weight excluding hydrogens is 274 g/mol. The highest BCUT2D eigenvalue weighted by Crippen LogP contribution is 2.16. The van der Waals surface area contributed by atoms with Gasteiger partial charge < -0.3 is 4.90 Å². The fraction of sp³-hybridized carbons (Fsp3) is 0.545. The summed E-state index contributed by atoms with van der Waals surface area (Å²) in [5.74, 6) is 0. The normalized spacial score (nSPS) is 19.0. The molecule has 1 saturated heterocycles. The van der Waals surface area contributed by atoms with Crippen LogP contribution in [0, 0.1) is 0 Å². The van der Waals surface area contributed by atoms with E-state index in [-0.39, 0.29) is 4.90 Å². The van der Waals surface area contributed by atoms with Crippen LogP contribution >= 0.6 is 11.6 Å². The summed E-state index contributed by atoms with van der Waals surface area (Å²) in [7, 11) is -3.41. The molecule has 0 amide bonds. The van der Waals surface area contributed by atoms with Gasteiger partial charge in [0.25, 0.3) is 0 Å². The van der Waals surface area contributed by atoms with Crippen LogP contribution in [0.3, 0.4) is 0 Å². The Labute approximate surface area is 112 Å². The van der Waals surface area contributed by atoms with Gasteiger partial charge in [-0.2, -0.15) is 4.31 Å². The Balaban J connectivity index is 2.15. The molecular formula is C11H17ClN3O2S+. The third kappa shape index (κ3) is 2.83. The molecule has 0 radical (unpaired) electrons. The number of hydrogen-bond acceptors (Lipinski definition) is 3. The van der Waals surface area contributed by atoms with Crippen molar-refractivity contribution in [2.24, 2.45) is 0 Å². The van der Waals surface area contributed by atoms with Gasteiger partial charge in [0.05, 0.1) is 32.7 Å². The summed E-state index contributed by atoms with van der Waals surface area (Å²) in [5, 5.41) is 0.300. The smallest absolute Gasteiger partial charge is 0.245 e. The Bertz CT molecular complexity index is 496. The molecule has 0 bridgehead atoms. The Hall–Kier alpha value is -0.690. The van der Waals surface area contributed by atoms with Gasteiger partial charge in [-0.15, -0.1) is 0 Å². The molecule has 0 aromatic carbocycles. The fourth-order valence-electron chi connectivity index (χ4n) is 2.06. The van der Waals surface area contributed by atoms with Crippen molar-refractivity contribution in [3.05, 3.63) is 23.5 Å². The summed E-state index contributed by atoms with van der Waals surface area (Å²) in [4.78, 5) is 5.48. The van der Waals surface area contributed by atoms with Crippen LogP contribution in [0.2, 0.25) is 5.15 Å². The summed E-state index contributed by atoms with van der Waals surface area (Å²) >= 11 is 5.66. The monoisotopic (exact) mass is 290 g/mol. The molecule has 0 saturated carbocycles. The SMILES string of the molecule is CC[NH+]1CCN(S(=O)(=O)c2ccc(Cl)nc2)CC1. The molecule has 1 aliphatic heterocycles. The van der Waals surface area contributed by atoms with E-state index in [0.29, 0.717) is 18.2 Å². The molecule has 1 aliphatic rings. The van der Waals surface area contributed by atoms with Gasteiger partial charge in [0.2, 0.25) is 10.0 Å². The first-order valence-corrected chi connectivity index (χ1v) is 7.81. The Morgan fingerprint density at radius 1 is 1.39 bits per heavy atom. The summed E-state index contributed by atoms with van der Waals surface area (Å²) in [6, 6.07) is 3.01. The molecule has 18 heavy (non-hydrogen) atoms. The van der Waals surface area contributed by atoms with E-state index in [4.69, 9.17) is 11.6 Å². The zero-order valence-corrected chi connectivity index (χ0v) is 11.8. The van der Waals surface area contributed by atoms with Crippen LogP contribution in [-0.2, 0) is 10.0 Å². The number of aromatic nitrogens is 1. The Kier molecular flexibility index (Phi) is 4.21. The standard InChI is InChI=1S/C11H16ClN3O2S/c1-2-14-5-7-15(8-6-14)18(16,17)10-3-4-11(12)13-9-10/h3-4,9H,2,5-8H2,1H3/p+1. The highest BCUT2D eigenvalue weighted by Gasteiger charge is 2.29. The van der Waals surface area contributed by atoms with Crippen LogP contribution in [0.15, 0.2) is 23.2 Å². The second-order valence-corrected chi connectivity index (χ2v) is 6.65. The predicted molar refractivity (Wildman–Crippen MR) is 69.2 cm³/mol. The van der Waals surface area contributed by atoms with Crippen LogP contribution < -0.4 is 4.90 Å². The number of nitrogens with zero attached hydrogens (tertiary/aromatic N) is 2. The highest BCUT2D eigenvalue weighted by atomic mass is 35.5. The third-order valence-electron chi connectivity index (χ3n) is 3.27. The minimum absolute atomic E-state index is 0.215. The van der Waals surface area contributed by atoms with E-state index in [1.54, 1.807) is 0 Å². The molecule has 7 heteroatoms. The summed E-state index contributed by atoms with van der Waals surface area (Å²) in [6.07, 6.45) is 1.32. The Morgan fingerprint density at radius 2 is 2.06 bits per heavy atom. The first-order chi connectivity index (χ1) is 8.54. The first kappa shape index (κ1) is 13.7. The summed E-state index contributed by atoms with van der Waals surface area (Å²) in [6.45, 7) is 5.99. The van der Waals surface area contributed by atoms with Crippen molar-refractivity contribution >= 4 is 21.6 Å². The molecule has 0 spiro atoms. The van der Waals surface area contributed by atoms with Gasteiger partial charge in [-0.05, 0) is 19.1 Å². The average molecular weight is 291 g/mol. The van der Waals surface area contributed by atoms with Crippen molar-refractivity contribution in [1.29, 1.82) is 0 Å². The molecule has 1 aromatic rings. The van der Waals surface area contributed by atoms with Crippen molar-refractivity contribution < 1.29 is 13.3 Å². The van der Waals surface area contributed by atoms with E-state index in [0.717, 1.165) is 19.6 Å². The van der Waals surface area contributed by atoms with Crippen molar-refractivity contribution in [3.63, 3.8) is 0 Å². The van der Waals surface area contributed by atoms with Crippen molar-refractivity contribution in [2.75, 3.05) is 32.7 Å². The molecule has 0 atom stereocenters. The number of quaternary nitrogens is 1. The van der Waals surface area contributed by atoms with Gasteiger partial charge in [-0.25, -0.2) is 13.4 Å². The van der Waals surface area contributed by atoms with Crippen molar-refractivity contribution in [2.45, 2.75) is 11.8 Å². The fourth-order valence-corrected chi connectivity index (χ4v) is 3.56. The maximum Gasteiger partial charge on any atom is 0.245 e. The molecule has 2 heterocycles. The lowest BCUT2D eigenvalue weighted by atomic mass is 10.4. The number of nitrogens with one attached hydrogen (secondary N) is 1. The van der Waals surface area contributed by atoms with E-state index >= 15 is 0 Å². The van der Waals surface area contributed by atoms with Gasteiger partial charge in [-0.3, -0.25) is 0 Å². The second kappa shape index (κ2) is 5.52. The second-order valence-electron chi connectivity index (χ2n) is 4.32. The van der Waals surface area contributed by atoms with Gasteiger partial charge >= 0.3 is 0 Å². The van der Waals surface area contributed by atoms with Crippen LogP contribution in [0.1, 0.15) is 6.92 Å². The number of likely N-dealkylation sites (N-methyl/N-ethyl adjacent to an activating group) is 1. The zero-order valence-electron chi connectivity index (χ0n) is 10.3. The molecule has 0 unspecified atom stereocenters. The topological polar surface area (TPSA) is 54.7 Å². The molecule has 0 aliphatic carbocycles. The molecule has 5 nitrogen and oxygen atoms in total. The molecule has 1 aromatic heterocycles. The van der Waals surface area contributed by atoms with Crippen molar-refractivity contribution in [1.82, 2.24) is 9.29 Å². The average Bonchev–Trinajstić information content (AvgIpc) is 2.39. The quantitative estimate of drug-likeness (QED) is 0.774. The lowest BCUT2D eigenvalue weighted by Gasteiger charge is -2.30. The minimum atomic E-state index is -3.41. The molecule has 1 N–H and O–H groups in total. The maximum atomic E-state index is 12.3. The lowest BCUT2D eigenvalue weighted by Crippen LogP contribution is -3.14. The van der Waals surface area contributed by atoms with Gasteiger partial charge in [-0.1, -0.05) is 11.6 Å². The molecule has 2 rings (SSSR count). The van der Waals surface area contributed by atoms with Crippen LogP contribution in [-0.4, -0.2) is 50.4 Å². The number of pyridine rings is 1. The highest BCUT2D eigenvalue weighted by molar-refractivity contribution is 7.89. The van der Waals surface area contributed by atoms with E-state index in [2.05, 4.69) is 11.9 Å². The van der Waals surface area contributed by atoms with E-state index in [1.165, 1.54) is 27.5 Å². The number of halogens is 1. The largest absolute Gasteiger partial charge is 0.333 e. The zero-order chi connectivity index (χ0) is 13.2. The molecule has 1 fully saturated rings. The van der Waals surface area contributed by atoms with E-state index < -0.39 is 10.0 Å². The number of hydrogen-bond donors (Lipinski definition) is 1. The Morgan fingerprint density at radius 3 is 2.56 bits per heavy atom. The maximum absolute atomic E-state index is 12.3. The summed E-state index contributed by atoms with van der Waals surface area (Å²) < 4.78 is 26.2. The van der Waals surface area contributed by atoms with Gasteiger partial charge in [0.15, 0.2) is 0 Å². The molecule has 100 valence electrons. The first-order valence-electron chi connectivity index (χ1n) is 5.99. The van der Waals surface area contributed by atoms with Crippen LogP contribution in [0.5, 0.6) is 0 Å². The van der Waals surface area contributed by atoms with Gasteiger partial charge in [0, 0.05) is 6.20 Å². The number of piperazine rings is 1. The predicted octanol–water partition coefficient (Wildman–Crippen LogP) is -0.356. The van der Waals surface area contributed by atoms with Crippen LogP contribution in [0.4, 0.5) is 0 Å². The summed E-state index contributed by atoms with van der Waals surface area (Å²) in [5.41, 5.74) is 0. The van der Waals surface area contributed by atoms with Crippen LogP contribution in [0.25, 0.3) is 0 Å². The van der Waals surface area contributed by atoms with Gasteiger partial charge in [0.1, 0.15) is 10.0 Å². The lowest BCUT2D eigenvalue weighted by molar-refractivity contribution is -0.901. The third-order valence-corrected chi connectivity index (χ3v) is 5.37. The number of sulfonamides is 1. The van der Waals surface area contributed by atoms with Crippen molar-refractivity contribution in [3.8, 4) is 0 Å².